The lowest BCUT2D eigenvalue weighted by atomic mass is 10.2. The molecule has 138 valence electrons. The maximum Gasteiger partial charge on any atom is 0.367 e. The van der Waals surface area contributed by atoms with E-state index in [1.807, 2.05) is 6.92 Å². The number of morpholine rings is 1. The van der Waals surface area contributed by atoms with Gasteiger partial charge in [0.05, 0.1) is 13.2 Å². The van der Waals surface area contributed by atoms with Gasteiger partial charge in [-0.25, -0.2) is 10.3 Å². The number of quaternary nitrogens is 2. The highest BCUT2D eigenvalue weighted by atomic mass is 32.2. The van der Waals surface area contributed by atoms with Crippen LogP contribution in [0.1, 0.15) is 5.56 Å². The largest absolute Gasteiger partial charge is 0.370 e. The molecule has 3 rings (SSSR count). The third-order valence-electron chi connectivity index (χ3n) is 4.63. The predicted molar refractivity (Wildman–Crippen MR) is 92.6 cm³/mol. The summed E-state index contributed by atoms with van der Waals surface area (Å²) in [5.74, 6) is 0.447. The van der Waals surface area contributed by atoms with E-state index < -0.39 is 10.0 Å². The van der Waals surface area contributed by atoms with E-state index in [9.17, 15) is 8.42 Å². The van der Waals surface area contributed by atoms with Gasteiger partial charge < -0.3 is 9.64 Å². The first-order chi connectivity index (χ1) is 12.0. The molecule has 1 fully saturated rings. The van der Waals surface area contributed by atoms with Gasteiger partial charge in [0.2, 0.25) is 0 Å². The molecular formula is C16H28N5O3S+3. The van der Waals surface area contributed by atoms with Gasteiger partial charge in [-0.2, -0.15) is 13.1 Å². The number of hydrogen-bond acceptors (Lipinski definition) is 4. The Morgan fingerprint density at radius 2 is 1.84 bits per heavy atom. The van der Waals surface area contributed by atoms with E-state index >= 15 is 0 Å². The fourth-order valence-electron chi connectivity index (χ4n) is 2.98. The number of sulfonamides is 1. The normalized spacial score (nSPS) is 22.1. The van der Waals surface area contributed by atoms with Crippen LogP contribution in [0.4, 0.5) is 0 Å². The maximum absolute atomic E-state index is 12.4. The number of hydrogen-bond donors (Lipinski definition) is 5. The molecule has 2 aliphatic heterocycles. The number of ether oxygens (including phenoxy) is 1. The Labute approximate surface area is 148 Å². The zero-order valence-corrected chi connectivity index (χ0v) is 15.4. The first-order valence-corrected chi connectivity index (χ1v) is 10.2. The van der Waals surface area contributed by atoms with Crippen molar-refractivity contribution in [1.29, 1.82) is 0 Å². The smallest absolute Gasteiger partial charge is 0.367 e. The molecule has 0 aliphatic carbocycles. The highest BCUT2D eigenvalue weighted by molar-refractivity contribution is 7.90. The Bertz CT molecular complexity index is 699. The van der Waals surface area contributed by atoms with Crippen LogP contribution < -0.4 is 24.8 Å². The molecule has 1 unspecified atom stereocenters. The minimum Gasteiger partial charge on any atom is -0.370 e. The number of benzene rings is 1. The van der Waals surface area contributed by atoms with Crippen LogP contribution in [0, 0.1) is 6.92 Å². The Kier molecular flexibility index (Phi) is 5.89. The summed E-state index contributed by atoms with van der Waals surface area (Å²) in [6.07, 6.45) is 0. The fourth-order valence-corrected chi connectivity index (χ4v) is 4.00. The molecule has 0 bridgehead atoms. The maximum atomic E-state index is 12.4. The number of guanidine groups is 1. The summed E-state index contributed by atoms with van der Waals surface area (Å²) in [5, 5.41) is 3.14. The van der Waals surface area contributed by atoms with E-state index in [1.54, 1.807) is 29.2 Å². The Balaban J connectivity index is 1.49. The van der Waals surface area contributed by atoms with E-state index in [2.05, 4.69) is 15.0 Å². The molecular weight excluding hydrogens is 342 g/mol. The first-order valence-electron chi connectivity index (χ1n) is 8.72. The van der Waals surface area contributed by atoms with Crippen molar-refractivity contribution in [3.05, 3.63) is 29.8 Å². The molecule has 9 heteroatoms. The van der Waals surface area contributed by atoms with Gasteiger partial charge in [-0.15, -0.1) is 0 Å². The van der Waals surface area contributed by atoms with Gasteiger partial charge in [0.15, 0.2) is 13.3 Å². The standard InChI is InChI=1S/C16H25N5O3S/c1-14-2-4-15(5-3-14)25(22,23)19-16-17-12-21(13-18-16)7-6-20-8-10-24-11-9-20/h2-5H,6-13H2,1H3,(H2,17,18,19)/p+3. The van der Waals surface area contributed by atoms with Crippen LogP contribution in [0.5, 0.6) is 0 Å². The lowest BCUT2D eigenvalue weighted by Crippen LogP contribution is -3.27. The SMILES string of the molecule is Cc1ccc(S(=O)(=O)NC2=[NH+]C[NH+](CC[NH+]3CCOCC3)CN2)cc1. The van der Waals surface area contributed by atoms with Crippen LogP contribution in [-0.4, -0.2) is 67.1 Å². The second-order valence-corrected chi connectivity index (χ2v) is 8.30. The van der Waals surface area contributed by atoms with E-state index in [0.29, 0.717) is 19.3 Å². The third-order valence-corrected chi connectivity index (χ3v) is 6.00. The second kappa shape index (κ2) is 8.13. The van der Waals surface area contributed by atoms with Crippen LogP contribution in [0.25, 0.3) is 0 Å². The number of aryl methyl sites for hydroxylation is 1. The molecule has 5 N–H and O–H groups in total. The van der Waals surface area contributed by atoms with E-state index in [1.165, 1.54) is 4.90 Å². The van der Waals surface area contributed by atoms with Crippen molar-refractivity contribution in [3.63, 3.8) is 0 Å². The van der Waals surface area contributed by atoms with Gasteiger partial charge in [-0.3, -0.25) is 4.90 Å². The average Bonchev–Trinajstić information content (AvgIpc) is 2.62. The van der Waals surface area contributed by atoms with Gasteiger partial charge in [0, 0.05) is 0 Å². The van der Waals surface area contributed by atoms with Gasteiger partial charge in [0.25, 0.3) is 0 Å². The molecule has 2 heterocycles. The van der Waals surface area contributed by atoms with Crippen LogP contribution in [0.15, 0.2) is 29.2 Å². The van der Waals surface area contributed by atoms with Gasteiger partial charge in [-0.05, 0) is 19.1 Å². The molecule has 2 aliphatic rings. The molecule has 1 atom stereocenters. The topological polar surface area (TPSA) is 90.3 Å². The van der Waals surface area contributed by atoms with Crippen LogP contribution in [0.3, 0.4) is 0 Å². The molecule has 8 nitrogen and oxygen atoms in total. The fraction of sp³-hybridized carbons (Fsp3) is 0.562. The van der Waals surface area contributed by atoms with Crippen molar-refractivity contribution in [1.82, 2.24) is 10.0 Å². The van der Waals surface area contributed by atoms with E-state index in [4.69, 9.17) is 4.74 Å². The summed E-state index contributed by atoms with van der Waals surface area (Å²) in [5.41, 5.74) is 1.03. The van der Waals surface area contributed by atoms with Crippen molar-refractivity contribution >= 4 is 16.0 Å². The summed E-state index contributed by atoms with van der Waals surface area (Å²) >= 11 is 0. The zero-order valence-electron chi connectivity index (χ0n) is 14.6. The van der Waals surface area contributed by atoms with E-state index in [-0.39, 0.29) is 4.90 Å². The molecule has 1 saturated heterocycles. The van der Waals surface area contributed by atoms with Crippen molar-refractivity contribution in [2.24, 2.45) is 0 Å². The summed E-state index contributed by atoms with van der Waals surface area (Å²) in [7, 11) is -3.56. The summed E-state index contributed by atoms with van der Waals surface area (Å²) in [6.45, 7) is 9.30. The second-order valence-electron chi connectivity index (χ2n) is 6.61. The summed E-state index contributed by atoms with van der Waals surface area (Å²) in [4.78, 5) is 6.34. The van der Waals surface area contributed by atoms with Crippen molar-refractivity contribution in [3.8, 4) is 0 Å². The van der Waals surface area contributed by atoms with Crippen molar-refractivity contribution in [2.75, 3.05) is 52.7 Å². The quantitative estimate of drug-likeness (QED) is 0.359. The molecule has 1 aromatic rings. The predicted octanol–water partition coefficient (Wildman–Crippen LogP) is -4.97. The van der Waals surface area contributed by atoms with Crippen molar-refractivity contribution in [2.45, 2.75) is 11.8 Å². The molecule has 0 aromatic heterocycles. The Morgan fingerprint density at radius 1 is 1.16 bits per heavy atom. The molecule has 0 radical (unpaired) electrons. The molecule has 0 spiro atoms. The third kappa shape index (κ3) is 5.15. The lowest BCUT2D eigenvalue weighted by molar-refractivity contribution is -1.01. The van der Waals surface area contributed by atoms with Crippen LogP contribution in [0.2, 0.25) is 0 Å². The highest BCUT2D eigenvalue weighted by Gasteiger charge is 2.27. The van der Waals surface area contributed by atoms with Crippen LogP contribution >= 0.6 is 0 Å². The summed E-state index contributed by atoms with van der Waals surface area (Å²) in [6, 6.07) is 6.81. The number of nitrogens with one attached hydrogen (secondary N) is 5. The Hall–Kier alpha value is -1.68. The molecule has 1 aromatic carbocycles. The monoisotopic (exact) mass is 370 g/mol. The number of rotatable bonds is 5. The molecule has 0 amide bonds. The zero-order chi connectivity index (χ0) is 17.7. The van der Waals surface area contributed by atoms with Gasteiger partial charge in [-0.1, -0.05) is 17.7 Å². The highest BCUT2D eigenvalue weighted by Crippen LogP contribution is 2.09. The van der Waals surface area contributed by atoms with E-state index in [0.717, 1.165) is 45.0 Å². The van der Waals surface area contributed by atoms with Crippen LogP contribution in [-0.2, 0) is 14.8 Å². The minimum absolute atomic E-state index is 0.264. The first kappa shape index (κ1) is 18.1. The minimum atomic E-state index is -3.56. The molecule has 25 heavy (non-hydrogen) atoms. The lowest BCUT2D eigenvalue weighted by Gasteiger charge is -2.26. The average molecular weight is 370 g/mol. The molecule has 0 saturated carbocycles. The van der Waals surface area contributed by atoms with Gasteiger partial charge in [0.1, 0.15) is 31.1 Å². The van der Waals surface area contributed by atoms with Gasteiger partial charge >= 0.3 is 16.0 Å². The summed E-state index contributed by atoms with van der Waals surface area (Å²) < 4.78 is 32.7. The van der Waals surface area contributed by atoms with Crippen molar-refractivity contribution < 1.29 is 27.9 Å². The Morgan fingerprint density at radius 3 is 2.48 bits per heavy atom.